The molecule has 0 atom stereocenters. The van der Waals surface area contributed by atoms with Crippen LogP contribution in [-0.4, -0.2) is 20.6 Å². The van der Waals surface area contributed by atoms with Crippen LogP contribution in [0.3, 0.4) is 0 Å². The van der Waals surface area contributed by atoms with Gasteiger partial charge in [-0.05, 0) is 31.5 Å². The molecule has 0 radical (unpaired) electrons. The summed E-state index contributed by atoms with van der Waals surface area (Å²) in [5.74, 6) is 0.561. The third-order valence-electron chi connectivity index (χ3n) is 2.56. The second kappa shape index (κ2) is 4.83. The lowest BCUT2D eigenvalue weighted by Crippen LogP contribution is -2.07. The van der Waals surface area contributed by atoms with Gasteiger partial charge in [-0.15, -0.1) is 10.2 Å². The van der Waals surface area contributed by atoms with E-state index < -0.39 is 11.7 Å². The van der Waals surface area contributed by atoms with Gasteiger partial charge >= 0.3 is 6.18 Å². The molecule has 0 bridgehead atoms. The Morgan fingerprint density at radius 3 is 2.63 bits per heavy atom. The largest absolute Gasteiger partial charge is 0.416 e. The number of hydrogen-bond donors (Lipinski definition) is 0. The first-order chi connectivity index (χ1) is 8.88. The van der Waals surface area contributed by atoms with E-state index >= 15 is 0 Å². The molecule has 100 valence electrons. The van der Waals surface area contributed by atoms with Gasteiger partial charge in [-0.25, -0.2) is 4.68 Å². The number of alkyl halides is 3. The molecular weight excluding hydrogens is 257 g/mol. The average molecular weight is 268 g/mol. The first kappa shape index (κ1) is 13.3. The van der Waals surface area contributed by atoms with Gasteiger partial charge in [0.1, 0.15) is 6.33 Å². The number of benzene rings is 1. The summed E-state index contributed by atoms with van der Waals surface area (Å²) < 4.78 is 39.2. The van der Waals surface area contributed by atoms with Crippen molar-refractivity contribution in [3.8, 4) is 0 Å². The highest BCUT2D eigenvalue weighted by Crippen LogP contribution is 2.29. The minimum absolute atomic E-state index is 0.405. The maximum Gasteiger partial charge on any atom is 0.416 e. The molecule has 0 amide bonds. The predicted molar refractivity (Wildman–Crippen MR) is 63.8 cm³/mol. The molecule has 1 aromatic heterocycles. The number of aromatic nitrogens is 3. The molecule has 0 saturated heterocycles. The molecule has 0 spiro atoms. The lowest BCUT2D eigenvalue weighted by molar-refractivity contribution is -0.137. The molecule has 7 heteroatoms. The van der Waals surface area contributed by atoms with Gasteiger partial charge in [-0.3, -0.25) is 0 Å². The summed E-state index contributed by atoms with van der Waals surface area (Å²) in [6.07, 6.45) is -2.96. The second-order valence-electron chi connectivity index (χ2n) is 3.99. The molecule has 19 heavy (non-hydrogen) atoms. The van der Waals surface area contributed by atoms with Gasteiger partial charge in [-0.2, -0.15) is 18.3 Å². The van der Waals surface area contributed by atoms with Crippen LogP contribution in [0.1, 0.15) is 23.9 Å². The molecule has 2 rings (SSSR count). The van der Waals surface area contributed by atoms with Gasteiger partial charge in [0, 0.05) is 0 Å². The molecule has 0 saturated carbocycles. The van der Waals surface area contributed by atoms with E-state index in [0.717, 1.165) is 12.1 Å². The summed E-state index contributed by atoms with van der Waals surface area (Å²) in [7, 11) is 0. The Morgan fingerprint density at radius 1 is 1.32 bits per heavy atom. The summed E-state index contributed by atoms with van der Waals surface area (Å²) >= 11 is 0. The fraction of sp³-hybridized carbons (Fsp3) is 0.250. The van der Waals surface area contributed by atoms with Crippen LogP contribution in [0.4, 0.5) is 13.2 Å². The van der Waals surface area contributed by atoms with E-state index in [2.05, 4.69) is 15.3 Å². The van der Waals surface area contributed by atoms with Crippen molar-refractivity contribution in [1.82, 2.24) is 14.9 Å². The number of nitrogens with zero attached hydrogens (tertiary/aromatic N) is 4. The second-order valence-corrected chi connectivity index (χ2v) is 3.99. The Hall–Kier alpha value is -2.18. The molecule has 2 aromatic rings. The standard InChI is InChI=1S/C12H11F3N4/c1-8(18-19-7-16-17-9(19)2)10-4-3-5-11(6-10)12(13,14)15/h3-7H,1-2H3/b18-8+. The van der Waals surface area contributed by atoms with Crippen molar-refractivity contribution in [2.45, 2.75) is 20.0 Å². The molecule has 0 aliphatic heterocycles. The lowest BCUT2D eigenvalue weighted by atomic mass is 10.1. The van der Waals surface area contributed by atoms with Crippen LogP contribution in [0.25, 0.3) is 0 Å². The van der Waals surface area contributed by atoms with Gasteiger partial charge in [0.15, 0.2) is 5.82 Å². The average Bonchev–Trinajstić information content (AvgIpc) is 2.74. The van der Waals surface area contributed by atoms with Crippen LogP contribution >= 0.6 is 0 Å². The van der Waals surface area contributed by atoms with Crippen LogP contribution in [0, 0.1) is 6.92 Å². The minimum Gasteiger partial charge on any atom is -0.205 e. The minimum atomic E-state index is -4.36. The summed E-state index contributed by atoms with van der Waals surface area (Å²) in [5, 5.41) is 11.6. The van der Waals surface area contributed by atoms with Gasteiger partial charge in [-0.1, -0.05) is 12.1 Å². The molecule has 0 fully saturated rings. The zero-order chi connectivity index (χ0) is 14.0. The van der Waals surface area contributed by atoms with E-state index in [1.807, 2.05) is 0 Å². The highest BCUT2D eigenvalue weighted by Gasteiger charge is 2.30. The molecule has 1 aromatic carbocycles. The number of aryl methyl sites for hydroxylation is 1. The summed E-state index contributed by atoms with van der Waals surface area (Å²) in [6.45, 7) is 3.34. The number of rotatable bonds is 2. The monoisotopic (exact) mass is 268 g/mol. The van der Waals surface area contributed by atoms with Crippen molar-refractivity contribution in [1.29, 1.82) is 0 Å². The van der Waals surface area contributed by atoms with E-state index in [0.29, 0.717) is 17.1 Å². The molecule has 1 heterocycles. The van der Waals surface area contributed by atoms with Crippen LogP contribution in [0.5, 0.6) is 0 Å². The molecule has 0 aliphatic carbocycles. The Labute approximate surface area is 107 Å². The number of hydrogen-bond acceptors (Lipinski definition) is 3. The maximum atomic E-state index is 12.6. The first-order valence-electron chi connectivity index (χ1n) is 5.48. The van der Waals surface area contributed by atoms with Crippen LogP contribution in [0.15, 0.2) is 35.7 Å². The highest BCUT2D eigenvalue weighted by atomic mass is 19.4. The van der Waals surface area contributed by atoms with E-state index in [-0.39, 0.29) is 0 Å². The molecule has 4 nitrogen and oxygen atoms in total. The first-order valence-corrected chi connectivity index (χ1v) is 5.48. The van der Waals surface area contributed by atoms with Gasteiger partial charge in [0.2, 0.25) is 0 Å². The van der Waals surface area contributed by atoms with Crippen molar-refractivity contribution in [3.63, 3.8) is 0 Å². The quantitative estimate of drug-likeness (QED) is 0.786. The fourth-order valence-electron chi connectivity index (χ4n) is 1.53. The van der Waals surface area contributed by atoms with Crippen molar-refractivity contribution in [2.24, 2.45) is 5.10 Å². The van der Waals surface area contributed by atoms with Crippen molar-refractivity contribution >= 4 is 5.71 Å². The fourth-order valence-corrected chi connectivity index (χ4v) is 1.53. The highest BCUT2D eigenvalue weighted by molar-refractivity contribution is 5.98. The summed E-state index contributed by atoms with van der Waals surface area (Å²) in [6, 6.07) is 5.03. The SMILES string of the molecule is C/C(=N\n1cnnc1C)c1cccc(C(F)(F)F)c1. The summed E-state index contributed by atoms with van der Waals surface area (Å²) in [5.41, 5.74) is 0.164. The predicted octanol–water partition coefficient (Wildman–Crippen LogP) is 2.88. The van der Waals surface area contributed by atoms with Crippen LogP contribution in [0.2, 0.25) is 0 Å². The van der Waals surface area contributed by atoms with Crippen molar-refractivity contribution in [3.05, 3.63) is 47.5 Å². The van der Waals surface area contributed by atoms with E-state index in [1.165, 1.54) is 17.1 Å². The maximum absolute atomic E-state index is 12.6. The molecule has 0 unspecified atom stereocenters. The van der Waals surface area contributed by atoms with Crippen molar-refractivity contribution < 1.29 is 13.2 Å². The van der Waals surface area contributed by atoms with Crippen molar-refractivity contribution in [2.75, 3.05) is 0 Å². The normalized spacial score (nSPS) is 12.8. The topological polar surface area (TPSA) is 43.1 Å². The molecular formula is C12H11F3N4. The Kier molecular flexibility index (Phi) is 3.37. The van der Waals surface area contributed by atoms with Crippen LogP contribution < -0.4 is 0 Å². The van der Waals surface area contributed by atoms with Gasteiger partial charge < -0.3 is 0 Å². The number of halogens is 3. The Bertz CT molecular complexity index is 613. The zero-order valence-corrected chi connectivity index (χ0v) is 10.3. The van der Waals surface area contributed by atoms with Crippen LogP contribution in [-0.2, 0) is 6.18 Å². The third-order valence-corrected chi connectivity index (χ3v) is 2.56. The zero-order valence-electron chi connectivity index (χ0n) is 10.3. The molecule has 0 aliphatic rings. The van der Waals surface area contributed by atoms with E-state index in [1.54, 1.807) is 19.9 Å². The lowest BCUT2D eigenvalue weighted by Gasteiger charge is -2.08. The Morgan fingerprint density at radius 2 is 2.05 bits per heavy atom. The van der Waals surface area contributed by atoms with Gasteiger partial charge in [0.05, 0.1) is 11.3 Å². The third kappa shape index (κ3) is 2.98. The Balaban J connectivity index is 2.37. The summed E-state index contributed by atoms with van der Waals surface area (Å²) in [4.78, 5) is 0. The van der Waals surface area contributed by atoms with E-state index in [4.69, 9.17) is 0 Å². The smallest absolute Gasteiger partial charge is 0.205 e. The van der Waals surface area contributed by atoms with E-state index in [9.17, 15) is 13.2 Å². The van der Waals surface area contributed by atoms with Gasteiger partial charge in [0.25, 0.3) is 0 Å². The molecule has 0 N–H and O–H groups in total.